The van der Waals surface area contributed by atoms with Gasteiger partial charge in [-0.25, -0.2) is 0 Å². The average molecular weight is 260 g/mol. The number of nitrogens with two attached hydrogens (primary N) is 1. The van der Waals surface area contributed by atoms with Crippen LogP contribution in [0.5, 0.6) is 0 Å². The Balaban J connectivity index is 3.17. The molecule has 0 aliphatic rings. The molecule has 1 heterocycles. The van der Waals surface area contributed by atoms with Gasteiger partial charge in [-0.1, -0.05) is 0 Å². The summed E-state index contributed by atoms with van der Waals surface area (Å²) in [5.74, 6) is -0.0944. The number of nitrogens with zero attached hydrogens (tertiary/aromatic N) is 2. The van der Waals surface area contributed by atoms with Crippen LogP contribution in [0, 0.1) is 0 Å². The van der Waals surface area contributed by atoms with Crippen LogP contribution in [0.2, 0.25) is 0 Å². The van der Waals surface area contributed by atoms with Crippen LogP contribution in [0.4, 0.5) is 0 Å². The van der Waals surface area contributed by atoms with Gasteiger partial charge in [-0.15, -0.1) is 0 Å². The molecule has 1 atom stereocenters. The van der Waals surface area contributed by atoms with Crippen molar-refractivity contribution in [2.45, 2.75) is 32.9 Å². The molecule has 1 aromatic rings. The smallest absolute Gasteiger partial charge is 0.198 e. The Labute approximate surface area is 91.6 Å². The van der Waals surface area contributed by atoms with E-state index in [0.717, 1.165) is 0 Å². The van der Waals surface area contributed by atoms with Crippen molar-refractivity contribution >= 4 is 21.7 Å². The van der Waals surface area contributed by atoms with Crippen molar-refractivity contribution in [2.24, 2.45) is 5.73 Å². The highest BCUT2D eigenvalue weighted by atomic mass is 79.9. The fourth-order valence-corrected chi connectivity index (χ4v) is 1.65. The lowest BCUT2D eigenvalue weighted by Gasteiger charge is -2.11. The predicted molar refractivity (Wildman–Crippen MR) is 58.3 cm³/mol. The van der Waals surface area contributed by atoms with Crippen LogP contribution < -0.4 is 5.73 Å². The van der Waals surface area contributed by atoms with E-state index in [1.54, 1.807) is 17.8 Å². The molecular formula is C9H14BrN3O. The molecule has 0 fully saturated rings. The van der Waals surface area contributed by atoms with Gasteiger partial charge in [0.1, 0.15) is 5.69 Å². The maximum absolute atomic E-state index is 11.7. The summed E-state index contributed by atoms with van der Waals surface area (Å²) in [5, 5.41) is 4.11. The lowest BCUT2D eigenvalue weighted by molar-refractivity contribution is 0.0954. The summed E-state index contributed by atoms with van der Waals surface area (Å²) in [5.41, 5.74) is 6.10. The number of hydrogen-bond acceptors (Lipinski definition) is 3. The van der Waals surface area contributed by atoms with Gasteiger partial charge in [-0.3, -0.25) is 9.48 Å². The minimum atomic E-state index is -0.500. The van der Waals surface area contributed by atoms with E-state index in [-0.39, 0.29) is 11.8 Å². The zero-order valence-electron chi connectivity index (χ0n) is 8.49. The maximum Gasteiger partial charge on any atom is 0.198 e. The van der Waals surface area contributed by atoms with Crippen LogP contribution >= 0.6 is 15.9 Å². The van der Waals surface area contributed by atoms with Gasteiger partial charge in [0.05, 0.1) is 16.7 Å². The Morgan fingerprint density at radius 3 is 2.57 bits per heavy atom. The van der Waals surface area contributed by atoms with Gasteiger partial charge in [0.2, 0.25) is 0 Å². The molecule has 0 saturated carbocycles. The van der Waals surface area contributed by atoms with E-state index >= 15 is 0 Å². The molecule has 14 heavy (non-hydrogen) atoms. The summed E-state index contributed by atoms with van der Waals surface area (Å²) in [7, 11) is 0. The molecule has 0 amide bonds. The number of carbonyl (C=O) groups is 1. The first kappa shape index (κ1) is 11.4. The van der Waals surface area contributed by atoms with E-state index in [9.17, 15) is 4.79 Å². The monoisotopic (exact) mass is 259 g/mol. The average Bonchev–Trinajstić information content (AvgIpc) is 2.45. The molecular weight excluding hydrogens is 246 g/mol. The van der Waals surface area contributed by atoms with Gasteiger partial charge in [-0.05, 0) is 36.7 Å². The molecule has 1 unspecified atom stereocenters. The normalized spacial score (nSPS) is 13.3. The molecule has 0 bridgehead atoms. The molecule has 2 N–H and O–H groups in total. The SMILES string of the molecule is CC(N)C(=O)c1c(Br)cnn1C(C)C. The van der Waals surface area contributed by atoms with Crippen molar-refractivity contribution in [1.82, 2.24) is 9.78 Å². The van der Waals surface area contributed by atoms with Crippen LogP contribution in [0.15, 0.2) is 10.7 Å². The van der Waals surface area contributed by atoms with E-state index in [1.807, 2.05) is 13.8 Å². The van der Waals surface area contributed by atoms with Gasteiger partial charge in [0.15, 0.2) is 5.78 Å². The molecule has 1 rings (SSSR count). The molecule has 0 saturated heterocycles. The Hall–Kier alpha value is -0.680. The number of ketones is 1. The molecule has 78 valence electrons. The number of hydrogen-bond donors (Lipinski definition) is 1. The summed E-state index contributed by atoms with van der Waals surface area (Å²) in [4.78, 5) is 11.7. The first-order valence-electron chi connectivity index (χ1n) is 4.48. The zero-order valence-corrected chi connectivity index (χ0v) is 10.1. The molecule has 0 radical (unpaired) electrons. The fourth-order valence-electron chi connectivity index (χ4n) is 1.18. The van der Waals surface area contributed by atoms with Gasteiger partial charge in [-0.2, -0.15) is 5.10 Å². The first-order chi connectivity index (χ1) is 6.45. The van der Waals surface area contributed by atoms with Crippen LogP contribution in [-0.4, -0.2) is 21.6 Å². The minimum Gasteiger partial charge on any atom is -0.321 e. The van der Waals surface area contributed by atoms with Crippen molar-refractivity contribution in [3.8, 4) is 0 Å². The molecule has 0 aromatic carbocycles. The molecule has 0 aliphatic heterocycles. The highest BCUT2D eigenvalue weighted by Gasteiger charge is 2.21. The summed E-state index contributed by atoms with van der Waals surface area (Å²) in [6.45, 7) is 5.61. The van der Waals surface area contributed by atoms with Gasteiger partial charge in [0.25, 0.3) is 0 Å². The van der Waals surface area contributed by atoms with Gasteiger partial charge < -0.3 is 5.73 Å². The Morgan fingerprint density at radius 2 is 2.14 bits per heavy atom. The van der Waals surface area contributed by atoms with Crippen LogP contribution in [-0.2, 0) is 0 Å². The first-order valence-corrected chi connectivity index (χ1v) is 5.27. The van der Waals surface area contributed by atoms with E-state index in [1.165, 1.54) is 0 Å². The Kier molecular flexibility index (Phi) is 3.44. The van der Waals surface area contributed by atoms with Gasteiger partial charge in [0, 0.05) is 6.04 Å². The number of aromatic nitrogens is 2. The Bertz CT molecular complexity index is 344. The van der Waals surface area contributed by atoms with E-state index in [0.29, 0.717) is 10.2 Å². The second-order valence-electron chi connectivity index (χ2n) is 3.53. The molecule has 5 heteroatoms. The highest BCUT2D eigenvalue weighted by molar-refractivity contribution is 9.10. The van der Waals surface area contributed by atoms with E-state index in [4.69, 9.17) is 5.73 Å². The lowest BCUT2D eigenvalue weighted by atomic mass is 10.1. The minimum absolute atomic E-state index is 0.0944. The van der Waals surface area contributed by atoms with Crippen LogP contribution in [0.25, 0.3) is 0 Å². The largest absolute Gasteiger partial charge is 0.321 e. The van der Waals surface area contributed by atoms with Crippen molar-refractivity contribution in [3.63, 3.8) is 0 Å². The fraction of sp³-hybridized carbons (Fsp3) is 0.556. The standard InChI is InChI=1S/C9H14BrN3O/c1-5(2)13-8(7(10)4-12-13)9(14)6(3)11/h4-6H,11H2,1-3H3. The predicted octanol–water partition coefficient (Wildman–Crippen LogP) is 1.76. The number of carbonyl (C=O) groups excluding carboxylic acids is 1. The van der Waals surface area contributed by atoms with Crippen LogP contribution in [0.1, 0.15) is 37.3 Å². The van der Waals surface area contributed by atoms with Crippen molar-refractivity contribution < 1.29 is 4.79 Å². The lowest BCUT2D eigenvalue weighted by Crippen LogP contribution is -2.29. The summed E-state index contributed by atoms with van der Waals surface area (Å²) in [6, 6.07) is -0.348. The third kappa shape index (κ3) is 2.04. The number of halogens is 1. The molecule has 0 spiro atoms. The maximum atomic E-state index is 11.7. The molecule has 4 nitrogen and oxygen atoms in total. The summed E-state index contributed by atoms with van der Waals surface area (Å²) < 4.78 is 2.38. The second kappa shape index (κ2) is 4.23. The number of rotatable bonds is 3. The van der Waals surface area contributed by atoms with Crippen molar-refractivity contribution in [1.29, 1.82) is 0 Å². The summed E-state index contributed by atoms with van der Waals surface area (Å²) >= 11 is 3.29. The highest BCUT2D eigenvalue weighted by Crippen LogP contribution is 2.20. The zero-order chi connectivity index (χ0) is 10.9. The van der Waals surface area contributed by atoms with Gasteiger partial charge >= 0.3 is 0 Å². The van der Waals surface area contributed by atoms with E-state index in [2.05, 4.69) is 21.0 Å². The quantitative estimate of drug-likeness (QED) is 0.842. The number of Topliss-reactive ketones (excluding diaryl/α,β-unsaturated/α-hetero) is 1. The summed E-state index contributed by atoms with van der Waals surface area (Å²) in [6.07, 6.45) is 1.62. The third-order valence-electron chi connectivity index (χ3n) is 1.89. The molecule has 0 aliphatic carbocycles. The Morgan fingerprint density at radius 1 is 1.57 bits per heavy atom. The van der Waals surface area contributed by atoms with E-state index < -0.39 is 6.04 Å². The van der Waals surface area contributed by atoms with Crippen molar-refractivity contribution in [2.75, 3.05) is 0 Å². The topological polar surface area (TPSA) is 60.9 Å². The second-order valence-corrected chi connectivity index (χ2v) is 4.39. The third-order valence-corrected chi connectivity index (χ3v) is 2.47. The van der Waals surface area contributed by atoms with Crippen LogP contribution in [0.3, 0.4) is 0 Å². The molecule has 1 aromatic heterocycles. The van der Waals surface area contributed by atoms with Crippen molar-refractivity contribution in [3.05, 3.63) is 16.4 Å².